The first-order valence-corrected chi connectivity index (χ1v) is 10.6. The molecule has 1 aliphatic heterocycles. The van der Waals surface area contributed by atoms with Gasteiger partial charge in [0.15, 0.2) is 5.41 Å². The monoisotopic (exact) mass is 400 g/mol. The Labute approximate surface area is 163 Å². The second-order valence-electron chi connectivity index (χ2n) is 7.59. The number of hydrogen-bond acceptors (Lipinski definition) is 3. The van der Waals surface area contributed by atoms with E-state index in [2.05, 4.69) is 12.2 Å². The Kier molecular flexibility index (Phi) is 6.41. The van der Waals surface area contributed by atoms with Crippen molar-refractivity contribution in [3.05, 3.63) is 35.9 Å². The zero-order valence-electron chi connectivity index (χ0n) is 15.6. The van der Waals surface area contributed by atoms with Crippen LogP contribution in [0.3, 0.4) is 0 Å². The molecular weight excluding hydrogens is 373 g/mol. The van der Waals surface area contributed by atoms with Crippen LogP contribution in [0.25, 0.3) is 0 Å². The zero-order chi connectivity index (χ0) is 19.5. The highest BCUT2D eigenvalue weighted by Crippen LogP contribution is 2.46. The summed E-state index contributed by atoms with van der Waals surface area (Å²) >= 11 is 1.83. The van der Waals surface area contributed by atoms with Crippen molar-refractivity contribution in [2.75, 3.05) is 18.8 Å². The zero-order valence-corrected chi connectivity index (χ0v) is 16.4. The van der Waals surface area contributed by atoms with Crippen LogP contribution in [-0.2, 0) is 11.3 Å². The molecule has 1 amide bonds. The smallest absolute Gasteiger partial charge is 0.353 e. The van der Waals surface area contributed by atoms with E-state index in [1.54, 1.807) is 4.90 Å². The Balaban J connectivity index is 1.66. The summed E-state index contributed by atoms with van der Waals surface area (Å²) in [5.41, 5.74) is -1.33. The summed E-state index contributed by atoms with van der Waals surface area (Å²) in [6.07, 6.45) is -2.21. The summed E-state index contributed by atoms with van der Waals surface area (Å²) in [5, 5.41) is 3.19. The largest absolute Gasteiger partial charge is 0.404 e. The minimum Gasteiger partial charge on any atom is -0.353 e. The van der Waals surface area contributed by atoms with Crippen molar-refractivity contribution < 1.29 is 18.0 Å². The summed E-state index contributed by atoms with van der Waals surface area (Å²) < 4.78 is 41.9. The predicted molar refractivity (Wildman–Crippen MR) is 103 cm³/mol. The Morgan fingerprint density at radius 1 is 1.30 bits per heavy atom. The molecule has 3 nitrogen and oxygen atoms in total. The third kappa shape index (κ3) is 4.62. The van der Waals surface area contributed by atoms with Gasteiger partial charge in [-0.2, -0.15) is 24.9 Å². The fourth-order valence-corrected chi connectivity index (χ4v) is 5.34. The number of likely N-dealkylation sites (tertiary alicyclic amines) is 1. The van der Waals surface area contributed by atoms with Gasteiger partial charge < -0.3 is 5.32 Å². The highest BCUT2D eigenvalue weighted by Gasteiger charge is 2.63. The molecule has 2 aliphatic rings. The highest BCUT2D eigenvalue weighted by molar-refractivity contribution is 7.99. The number of nitrogens with one attached hydrogen (secondary N) is 1. The molecule has 27 heavy (non-hydrogen) atoms. The molecule has 150 valence electrons. The molecule has 0 radical (unpaired) electrons. The molecule has 1 saturated carbocycles. The minimum atomic E-state index is -4.54. The molecule has 0 spiro atoms. The van der Waals surface area contributed by atoms with E-state index in [1.165, 1.54) is 0 Å². The lowest BCUT2D eigenvalue weighted by molar-refractivity contribution is -0.218. The molecular formula is C20H27F3N2OS. The van der Waals surface area contributed by atoms with Crippen molar-refractivity contribution in [3.63, 3.8) is 0 Å². The van der Waals surface area contributed by atoms with E-state index < -0.39 is 17.5 Å². The van der Waals surface area contributed by atoms with Crippen molar-refractivity contribution in [3.8, 4) is 0 Å². The molecule has 1 heterocycles. The van der Waals surface area contributed by atoms with E-state index in [0.717, 1.165) is 30.6 Å². The molecule has 7 heteroatoms. The Morgan fingerprint density at radius 3 is 2.70 bits per heavy atom. The van der Waals surface area contributed by atoms with Crippen LogP contribution in [0.1, 0.15) is 38.2 Å². The fraction of sp³-hybridized carbons (Fsp3) is 0.650. The number of carbonyl (C=O) groups is 1. The van der Waals surface area contributed by atoms with Crippen LogP contribution in [0.5, 0.6) is 0 Å². The maximum Gasteiger partial charge on any atom is 0.404 e. The van der Waals surface area contributed by atoms with E-state index in [-0.39, 0.29) is 25.6 Å². The third-order valence-electron chi connectivity index (χ3n) is 5.70. The minimum absolute atomic E-state index is 0.135. The lowest BCUT2D eigenvalue weighted by Gasteiger charge is -2.32. The van der Waals surface area contributed by atoms with Crippen LogP contribution < -0.4 is 5.32 Å². The molecule has 3 atom stereocenters. The van der Waals surface area contributed by atoms with Gasteiger partial charge >= 0.3 is 6.18 Å². The quantitative estimate of drug-likeness (QED) is 0.776. The van der Waals surface area contributed by atoms with Crippen LogP contribution >= 0.6 is 11.8 Å². The van der Waals surface area contributed by atoms with E-state index in [4.69, 9.17) is 0 Å². The number of benzene rings is 1. The van der Waals surface area contributed by atoms with E-state index in [9.17, 15) is 18.0 Å². The number of rotatable bonds is 6. The van der Waals surface area contributed by atoms with Crippen molar-refractivity contribution >= 4 is 17.7 Å². The van der Waals surface area contributed by atoms with Gasteiger partial charge in [0.2, 0.25) is 5.91 Å². The van der Waals surface area contributed by atoms with E-state index >= 15 is 0 Å². The van der Waals surface area contributed by atoms with Crippen molar-refractivity contribution in [1.29, 1.82) is 0 Å². The van der Waals surface area contributed by atoms with Gasteiger partial charge in [0.25, 0.3) is 0 Å². The predicted octanol–water partition coefficient (Wildman–Crippen LogP) is 4.23. The first-order chi connectivity index (χ1) is 12.8. The van der Waals surface area contributed by atoms with Gasteiger partial charge in [-0.15, -0.1) is 0 Å². The number of nitrogens with zero attached hydrogens (tertiary/aromatic N) is 1. The second-order valence-corrected chi connectivity index (χ2v) is 9.16. The van der Waals surface area contributed by atoms with Gasteiger partial charge in [-0.1, -0.05) is 37.3 Å². The van der Waals surface area contributed by atoms with Crippen molar-refractivity contribution in [2.45, 2.75) is 56.6 Å². The molecule has 1 N–H and O–H groups in total. The van der Waals surface area contributed by atoms with Crippen LogP contribution in [-0.4, -0.2) is 47.1 Å². The van der Waals surface area contributed by atoms with Gasteiger partial charge in [-0.05, 0) is 43.5 Å². The van der Waals surface area contributed by atoms with Gasteiger partial charge in [0.05, 0.1) is 0 Å². The topological polar surface area (TPSA) is 32.3 Å². The van der Waals surface area contributed by atoms with Crippen molar-refractivity contribution in [1.82, 2.24) is 10.2 Å². The molecule has 1 aromatic carbocycles. The maximum absolute atomic E-state index is 14.0. The summed E-state index contributed by atoms with van der Waals surface area (Å²) in [5.74, 6) is 0.157. The molecule has 0 bridgehead atoms. The number of thioether (sulfide) groups is 1. The number of halogens is 3. The first-order valence-electron chi connectivity index (χ1n) is 9.59. The summed E-state index contributed by atoms with van der Waals surface area (Å²) in [7, 11) is 0. The van der Waals surface area contributed by atoms with Gasteiger partial charge in [0.1, 0.15) is 0 Å². The molecule has 3 rings (SSSR count). The van der Waals surface area contributed by atoms with Crippen LogP contribution in [0.2, 0.25) is 0 Å². The third-order valence-corrected chi connectivity index (χ3v) is 6.93. The lowest BCUT2D eigenvalue weighted by atomic mass is 9.84. The van der Waals surface area contributed by atoms with Crippen LogP contribution in [0.4, 0.5) is 13.2 Å². The second kappa shape index (κ2) is 8.43. The number of hydrogen-bond donors (Lipinski definition) is 1. The Morgan fingerprint density at radius 2 is 2.04 bits per heavy atom. The van der Waals surface area contributed by atoms with E-state index in [1.807, 2.05) is 42.1 Å². The van der Waals surface area contributed by atoms with Gasteiger partial charge in [-0.25, -0.2) is 0 Å². The lowest BCUT2D eigenvalue weighted by Crippen LogP contribution is -2.54. The molecule has 1 aliphatic carbocycles. The first kappa shape index (κ1) is 20.5. The number of amides is 1. The normalized spacial score (nSPS) is 29.2. The molecule has 2 fully saturated rings. The standard InChI is InChI=1S/C20H27F3N2OS/c1-2-27-17-9-8-16(12-17)24-18(26)19(20(21,22)23)10-11-25(14-19)13-15-6-4-3-5-7-15/h3-7,16-17H,2,8-14H2,1H3,(H,24,26)/t16-,17-,19-/m1/s1. The number of alkyl halides is 3. The van der Waals surface area contributed by atoms with Crippen LogP contribution in [0, 0.1) is 5.41 Å². The summed E-state index contributed by atoms with van der Waals surface area (Å²) in [4.78, 5) is 14.5. The van der Waals surface area contributed by atoms with Crippen LogP contribution in [0.15, 0.2) is 30.3 Å². The summed E-state index contributed by atoms with van der Waals surface area (Å²) in [6.45, 7) is 2.53. The Bertz CT molecular complexity index is 640. The molecule has 1 saturated heterocycles. The summed E-state index contributed by atoms with van der Waals surface area (Å²) in [6, 6.07) is 9.30. The van der Waals surface area contributed by atoms with Crippen molar-refractivity contribution in [2.24, 2.45) is 5.41 Å². The van der Waals surface area contributed by atoms with Gasteiger partial charge in [0, 0.05) is 24.4 Å². The van der Waals surface area contributed by atoms with Gasteiger partial charge in [-0.3, -0.25) is 9.69 Å². The molecule has 1 aromatic rings. The molecule has 0 unspecified atom stereocenters. The molecule has 0 aromatic heterocycles. The number of carbonyl (C=O) groups excluding carboxylic acids is 1. The Hall–Kier alpha value is -1.21. The maximum atomic E-state index is 14.0. The average Bonchev–Trinajstić information content (AvgIpc) is 3.23. The highest BCUT2D eigenvalue weighted by atomic mass is 32.2. The fourth-order valence-electron chi connectivity index (χ4n) is 4.19. The SMILES string of the molecule is CCS[C@@H]1CC[C@@H](NC(=O)[C@@]2(C(F)(F)F)CCN(Cc3ccccc3)C2)C1. The average molecular weight is 401 g/mol. The van der Waals surface area contributed by atoms with E-state index in [0.29, 0.717) is 11.8 Å².